The number of benzene rings is 2. The van der Waals surface area contributed by atoms with Gasteiger partial charge in [-0.1, -0.05) is 24.3 Å². The fourth-order valence-corrected chi connectivity index (χ4v) is 2.06. The Bertz CT molecular complexity index is 640. The monoisotopic (exact) mass is 299 g/mol. The van der Waals surface area contributed by atoms with E-state index in [4.69, 9.17) is 9.47 Å². The van der Waals surface area contributed by atoms with Crippen molar-refractivity contribution in [3.63, 3.8) is 0 Å². The molecule has 0 fully saturated rings. The number of rotatable bonds is 6. The van der Waals surface area contributed by atoms with Gasteiger partial charge >= 0.3 is 0 Å². The van der Waals surface area contributed by atoms with Gasteiger partial charge in [-0.15, -0.1) is 0 Å². The Balaban J connectivity index is 1.88. The van der Waals surface area contributed by atoms with Crippen LogP contribution in [-0.2, 0) is 11.3 Å². The van der Waals surface area contributed by atoms with Gasteiger partial charge in [0.25, 0.3) is 5.91 Å². The van der Waals surface area contributed by atoms with Gasteiger partial charge in [0.1, 0.15) is 11.5 Å². The number of ether oxygens (including phenoxy) is 2. The van der Waals surface area contributed by atoms with Crippen molar-refractivity contribution in [2.24, 2.45) is 0 Å². The number of carbonyl (C=O) groups excluding carboxylic acids is 1. The molecular weight excluding hydrogens is 278 g/mol. The molecule has 0 heterocycles. The maximum atomic E-state index is 12.1. The SMILES string of the molecule is COc1cccc(CNC(=O)C(C)Oc2cccc(C)c2)c1. The van der Waals surface area contributed by atoms with Gasteiger partial charge in [-0.3, -0.25) is 4.79 Å². The molecule has 0 radical (unpaired) electrons. The number of aryl methyl sites for hydroxylation is 1. The largest absolute Gasteiger partial charge is 0.497 e. The molecule has 0 spiro atoms. The van der Waals surface area contributed by atoms with Crippen molar-refractivity contribution in [1.29, 1.82) is 0 Å². The van der Waals surface area contributed by atoms with Crippen LogP contribution in [0.4, 0.5) is 0 Å². The van der Waals surface area contributed by atoms with E-state index in [1.54, 1.807) is 14.0 Å². The first-order valence-corrected chi connectivity index (χ1v) is 7.22. The predicted octanol–water partition coefficient (Wildman–Crippen LogP) is 3.09. The second-order valence-corrected chi connectivity index (χ2v) is 5.15. The molecular formula is C18H21NO3. The molecule has 0 aliphatic rings. The van der Waals surface area contributed by atoms with Gasteiger partial charge in [0.15, 0.2) is 6.10 Å². The van der Waals surface area contributed by atoms with E-state index in [0.29, 0.717) is 12.3 Å². The molecule has 1 N–H and O–H groups in total. The summed E-state index contributed by atoms with van der Waals surface area (Å²) in [6, 6.07) is 15.2. The smallest absolute Gasteiger partial charge is 0.261 e. The van der Waals surface area contributed by atoms with Crippen LogP contribution in [0.15, 0.2) is 48.5 Å². The second-order valence-electron chi connectivity index (χ2n) is 5.15. The molecule has 0 saturated carbocycles. The van der Waals surface area contributed by atoms with Crippen molar-refractivity contribution in [2.75, 3.05) is 7.11 Å². The molecule has 2 aromatic rings. The Morgan fingerprint density at radius 2 is 1.86 bits per heavy atom. The van der Waals surface area contributed by atoms with Crippen LogP contribution in [0, 0.1) is 6.92 Å². The maximum absolute atomic E-state index is 12.1. The molecule has 116 valence electrons. The summed E-state index contributed by atoms with van der Waals surface area (Å²) in [5.41, 5.74) is 2.08. The maximum Gasteiger partial charge on any atom is 0.261 e. The van der Waals surface area contributed by atoms with E-state index in [-0.39, 0.29) is 5.91 Å². The Kier molecular flexibility index (Phi) is 5.42. The molecule has 22 heavy (non-hydrogen) atoms. The van der Waals surface area contributed by atoms with E-state index < -0.39 is 6.10 Å². The van der Waals surface area contributed by atoms with Crippen LogP contribution < -0.4 is 14.8 Å². The Hall–Kier alpha value is -2.49. The molecule has 0 aliphatic heterocycles. The lowest BCUT2D eigenvalue weighted by atomic mass is 10.2. The first kappa shape index (κ1) is 15.9. The number of hydrogen-bond donors (Lipinski definition) is 1. The highest BCUT2D eigenvalue weighted by molar-refractivity contribution is 5.80. The highest BCUT2D eigenvalue weighted by Crippen LogP contribution is 2.15. The van der Waals surface area contributed by atoms with Gasteiger partial charge in [0.05, 0.1) is 7.11 Å². The minimum Gasteiger partial charge on any atom is -0.497 e. The van der Waals surface area contributed by atoms with Crippen molar-refractivity contribution in [3.8, 4) is 11.5 Å². The number of hydrogen-bond acceptors (Lipinski definition) is 3. The highest BCUT2D eigenvalue weighted by Gasteiger charge is 2.14. The highest BCUT2D eigenvalue weighted by atomic mass is 16.5. The minimum atomic E-state index is -0.549. The van der Waals surface area contributed by atoms with Crippen molar-refractivity contribution in [2.45, 2.75) is 26.5 Å². The normalized spacial score (nSPS) is 11.6. The summed E-state index contributed by atoms with van der Waals surface area (Å²) >= 11 is 0. The molecule has 1 amide bonds. The van der Waals surface area contributed by atoms with Crippen molar-refractivity contribution >= 4 is 5.91 Å². The molecule has 0 saturated heterocycles. The summed E-state index contributed by atoms with van der Waals surface area (Å²) < 4.78 is 10.8. The van der Waals surface area contributed by atoms with Crippen LogP contribution >= 0.6 is 0 Å². The topological polar surface area (TPSA) is 47.6 Å². The third-order valence-corrected chi connectivity index (χ3v) is 3.27. The van der Waals surface area contributed by atoms with E-state index in [9.17, 15) is 4.79 Å². The summed E-state index contributed by atoms with van der Waals surface area (Å²) in [5.74, 6) is 1.32. The van der Waals surface area contributed by atoms with Gasteiger partial charge in [0.2, 0.25) is 0 Å². The first-order valence-electron chi connectivity index (χ1n) is 7.22. The zero-order chi connectivity index (χ0) is 15.9. The summed E-state index contributed by atoms with van der Waals surface area (Å²) in [7, 11) is 1.62. The third-order valence-electron chi connectivity index (χ3n) is 3.27. The van der Waals surface area contributed by atoms with Gasteiger partial charge in [-0.25, -0.2) is 0 Å². The fraction of sp³-hybridized carbons (Fsp3) is 0.278. The van der Waals surface area contributed by atoms with Crippen LogP contribution in [0.1, 0.15) is 18.1 Å². The number of methoxy groups -OCH3 is 1. The molecule has 1 unspecified atom stereocenters. The molecule has 0 aromatic heterocycles. The molecule has 0 aliphatic carbocycles. The summed E-state index contributed by atoms with van der Waals surface area (Å²) in [6.07, 6.45) is -0.549. The summed E-state index contributed by atoms with van der Waals surface area (Å²) in [5, 5.41) is 2.87. The third kappa shape index (κ3) is 4.52. The molecule has 0 bridgehead atoms. The van der Waals surface area contributed by atoms with Crippen LogP contribution in [0.25, 0.3) is 0 Å². The first-order chi connectivity index (χ1) is 10.6. The Morgan fingerprint density at radius 3 is 2.59 bits per heavy atom. The number of amides is 1. The average molecular weight is 299 g/mol. The van der Waals surface area contributed by atoms with Crippen molar-refractivity contribution in [1.82, 2.24) is 5.32 Å². The van der Waals surface area contributed by atoms with E-state index in [1.165, 1.54) is 0 Å². The predicted molar refractivity (Wildman–Crippen MR) is 86.1 cm³/mol. The van der Waals surface area contributed by atoms with Gasteiger partial charge < -0.3 is 14.8 Å². The lowest BCUT2D eigenvalue weighted by Crippen LogP contribution is -2.35. The van der Waals surface area contributed by atoms with E-state index in [2.05, 4.69) is 5.32 Å². The molecule has 4 heteroatoms. The van der Waals surface area contributed by atoms with Gasteiger partial charge in [-0.05, 0) is 49.2 Å². The second kappa shape index (κ2) is 7.50. The Morgan fingerprint density at radius 1 is 1.14 bits per heavy atom. The number of nitrogens with one attached hydrogen (secondary N) is 1. The quantitative estimate of drug-likeness (QED) is 0.891. The average Bonchev–Trinajstić information content (AvgIpc) is 2.52. The van der Waals surface area contributed by atoms with Crippen LogP contribution in [-0.4, -0.2) is 19.1 Å². The fourth-order valence-electron chi connectivity index (χ4n) is 2.06. The zero-order valence-electron chi connectivity index (χ0n) is 13.1. The summed E-state index contributed by atoms with van der Waals surface area (Å²) in [6.45, 7) is 4.17. The summed E-state index contributed by atoms with van der Waals surface area (Å²) in [4.78, 5) is 12.1. The lowest BCUT2D eigenvalue weighted by Gasteiger charge is -2.15. The number of carbonyl (C=O) groups is 1. The van der Waals surface area contributed by atoms with Crippen LogP contribution in [0.2, 0.25) is 0 Å². The van der Waals surface area contributed by atoms with E-state index in [0.717, 1.165) is 16.9 Å². The van der Waals surface area contributed by atoms with Crippen LogP contribution in [0.3, 0.4) is 0 Å². The van der Waals surface area contributed by atoms with E-state index in [1.807, 2.05) is 55.5 Å². The van der Waals surface area contributed by atoms with E-state index >= 15 is 0 Å². The molecule has 4 nitrogen and oxygen atoms in total. The standard InChI is InChI=1S/C18H21NO3/c1-13-6-4-9-17(10-13)22-14(2)18(20)19-12-15-7-5-8-16(11-15)21-3/h4-11,14H,12H2,1-3H3,(H,19,20). The van der Waals surface area contributed by atoms with Crippen molar-refractivity contribution in [3.05, 3.63) is 59.7 Å². The van der Waals surface area contributed by atoms with Crippen LogP contribution in [0.5, 0.6) is 11.5 Å². The van der Waals surface area contributed by atoms with Crippen molar-refractivity contribution < 1.29 is 14.3 Å². The zero-order valence-corrected chi connectivity index (χ0v) is 13.1. The van der Waals surface area contributed by atoms with Gasteiger partial charge in [-0.2, -0.15) is 0 Å². The van der Waals surface area contributed by atoms with Gasteiger partial charge in [0, 0.05) is 6.54 Å². The molecule has 2 aromatic carbocycles. The molecule has 2 rings (SSSR count). The molecule has 1 atom stereocenters. The minimum absolute atomic E-state index is 0.149. The lowest BCUT2D eigenvalue weighted by molar-refractivity contribution is -0.127. The Labute approximate surface area is 131 Å².